The van der Waals surface area contributed by atoms with Gasteiger partial charge in [0.2, 0.25) is 5.91 Å². The van der Waals surface area contributed by atoms with Crippen LogP contribution in [0.25, 0.3) is 0 Å². The fourth-order valence-corrected chi connectivity index (χ4v) is 3.37. The lowest BCUT2D eigenvalue weighted by atomic mass is 10.1. The van der Waals surface area contributed by atoms with Crippen LogP contribution in [0.4, 0.5) is 10.5 Å². The van der Waals surface area contributed by atoms with E-state index in [2.05, 4.69) is 10.6 Å². The molecule has 3 rings (SSSR count). The number of aliphatic hydroxyl groups excluding tert-OH is 1. The van der Waals surface area contributed by atoms with E-state index in [1.165, 1.54) is 4.90 Å². The molecule has 3 amide bonds. The van der Waals surface area contributed by atoms with Crippen molar-refractivity contribution in [2.45, 2.75) is 50.3 Å². The summed E-state index contributed by atoms with van der Waals surface area (Å²) in [4.78, 5) is 26.3. The number of carbonyl (C=O) groups excluding carboxylic acids is 2. The molecule has 1 aromatic rings. The molecule has 3 N–H and O–H groups in total. The van der Waals surface area contributed by atoms with E-state index in [0.717, 1.165) is 25.7 Å². The van der Waals surface area contributed by atoms with E-state index in [1.807, 2.05) is 18.2 Å². The summed E-state index contributed by atoms with van der Waals surface area (Å²) in [5.41, 5.74) is 0.675. The van der Waals surface area contributed by atoms with Crippen LogP contribution in [-0.2, 0) is 4.79 Å². The first-order chi connectivity index (χ1) is 11.1. The van der Waals surface area contributed by atoms with Gasteiger partial charge in [0.25, 0.3) is 0 Å². The van der Waals surface area contributed by atoms with Crippen LogP contribution in [0.3, 0.4) is 0 Å². The van der Waals surface area contributed by atoms with Gasteiger partial charge in [0.1, 0.15) is 6.04 Å². The number of para-hydroxylation sites is 1. The van der Waals surface area contributed by atoms with Crippen molar-refractivity contribution in [1.29, 1.82) is 0 Å². The number of aliphatic hydroxyl groups is 1. The molecule has 2 fully saturated rings. The van der Waals surface area contributed by atoms with Gasteiger partial charge in [0.05, 0.1) is 6.10 Å². The highest BCUT2D eigenvalue weighted by atomic mass is 16.3. The van der Waals surface area contributed by atoms with Crippen molar-refractivity contribution in [3.8, 4) is 0 Å². The normalized spacial score (nSPS) is 24.7. The molecule has 6 heteroatoms. The lowest BCUT2D eigenvalue weighted by Gasteiger charge is -2.25. The SMILES string of the molecule is O=C(NC1CCCC1)[C@@H]1C[C@@H](O)CN1C(=O)Nc1ccccc1. The van der Waals surface area contributed by atoms with Gasteiger partial charge >= 0.3 is 6.03 Å². The van der Waals surface area contributed by atoms with Crippen LogP contribution < -0.4 is 10.6 Å². The standard InChI is InChI=1S/C17H23N3O3/c21-14-10-15(16(22)18-12-8-4-5-9-12)20(11-14)17(23)19-13-6-2-1-3-7-13/h1-3,6-7,12,14-15,21H,4-5,8-11H2,(H,18,22)(H,19,23)/t14-,15+/m1/s1. The number of nitrogens with one attached hydrogen (secondary N) is 2. The van der Waals surface area contributed by atoms with Gasteiger partial charge in [0.15, 0.2) is 0 Å². The number of anilines is 1. The lowest BCUT2D eigenvalue weighted by Crippen LogP contribution is -2.49. The van der Waals surface area contributed by atoms with Crippen molar-refractivity contribution >= 4 is 17.6 Å². The fourth-order valence-electron chi connectivity index (χ4n) is 3.37. The molecule has 1 saturated heterocycles. The number of β-amino-alcohol motifs (C(OH)–C–C–N with tert-alkyl or cyclic N) is 1. The van der Waals surface area contributed by atoms with Gasteiger partial charge in [-0.15, -0.1) is 0 Å². The van der Waals surface area contributed by atoms with Crippen LogP contribution in [0.15, 0.2) is 30.3 Å². The molecular formula is C17H23N3O3. The molecule has 0 aromatic heterocycles. The summed E-state index contributed by atoms with van der Waals surface area (Å²) in [5.74, 6) is -0.156. The van der Waals surface area contributed by atoms with E-state index in [0.29, 0.717) is 12.1 Å². The molecule has 6 nitrogen and oxygen atoms in total. The maximum Gasteiger partial charge on any atom is 0.322 e. The number of rotatable bonds is 3. The molecule has 0 unspecified atom stereocenters. The zero-order valence-corrected chi connectivity index (χ0v) is 13.1. The quantitative estimate of drug-likeness (QED) is 0.794. The number of amides is 3. The number of carbonyl (C=O) groups is 2. The Morgan fingerprint density at radius 3 is 2.52 bits per heavy atom. The van der Waals surface area contributed by atoms with Gasteiger partial charge < -0.3 is 20.6 Å². The molecular weight excluding hydrogens is 294 g/mol. The highest BCUT2D eigenvalue weighted by molar-refractivity contribution is 5.94. The summed E-state index contributed by atoms with van der Waals surface area (Å²) in [7, 11) is 0. The third kappa shape index (κ3) is 3.82. The van der Waals surface area contributed by atoms with Crippen molar-refractivity contribution in [3.63, 3.8) is 0 Å². The van der Waals surface area contributed by atoms with Crippen molar-refractivity contribution in [2.75, 3.05) is 11.9 Å². The summed E-state index contributed by atoms with van der Waals surface area (Å²) in [6.45, 7) is 0.182. The van der Waals surface area contributed by atoms with Gasteiger partial charge in [-0.3, -0.25) is 4.79 Å². The summed E-state index contributed by atoms with van der Waals surface area (Å²) >= 11 is 0. The van der Waals surface area contributed by atoms with Gasteiger partial charge in [-0.1, -0.05) is 31.0 Å². The van der Waals surface area contributed by atoms with Crippen molar-refractivity contribution < 1.29 is 14.7 Å². The molecule has 1 aliphatic carbocycles. The molecule has 23 heavy (non-hydrogen) atoms. The monoisotopic (exact) mass is 317 g/mol. The Kier molecular flexibility index (Phi) is 4.81. The lowest BCUT2D eigenvalue weighted by molar-refractivity contribution is -0.125. The number of benzene rings is 1. The molecule has 0 bridgehead atoms. The molecule has 1 aliphatic heterocycles. The number of hydrogen-bond donors (Lipinski definition) is 3. The van der Waals surface area contributed by atoms with Crippen LogP contribution in [0.2, 0.25) is 0 Å². The van der Waals surface area contributed by atoms with Crippen LogP contribution >= 0.6 is 0 Å². The fraction of sp³-hybridized carbons (Fsp3) is 0.529. The molecule has 1 heterocycles. The second-order valence-corrected chi connectivity index (χ2v) is 6.34. The number of nitrogens with zero attached hydrogens (tertiary/aromatic N) is 1. The third-order valence-electron chi connectivity index (χ3n) is 4.57. The van der Waals surface area contributed by atoms with Crippen molar-refractivity contribution in [1.82, 2.24) is 10.2 Å². The predicted octanol–water partition coefficient (Wildman–Crippen LogP) is 1.71. The van der Waals surface area contributed by atoms with Crippen molar-refractivity contribution in [3.05, 3.63) is 30.3 Å². The Bertz CT molecular complexity index is 557. The Morgan fingerprint density at radius 1 is 1.13 bits per heavy atom. The largest absolute Gasteiger partial charge is 0.391 e. The summed E-state index contributed by atoms with van der Waals surface area (Å²) in [6.07, 6.45) is 3.90. The molecule has 2 atom stereocenters. The minimum atomic E-state index is -0.657. The summed E-state index contributed by atoms with van der Waals surface area (Å²) in [5, 5.41) is 15.7. The maximum absolute atomic E-state index is 12.5. The minimum Gasteiger partial charge on any atom is -0.391 e. The molecule has 0 radical (unpaired) electrons. The average molecular weight is 317 g/mol. The molecule has 0 spiro atoms. The molecule has 1 saturated carbocycles. The zero-order valence-electron chi connectivity index (χ0n) is 13.1. The molecule has 124 valence electrons. The van der Waals surface area contributed by atoms with E-state index < -0.39 is 12.1 Å². The van der Waals surface area contributed by atoms with E-state index in [9.17, 15) is 14.7 Å². The van der Waals surface area contributed by atoms with Gasteiger partial charge in [-0.25, -0.2) is 4.79 Å². The van der Waals surface area contributed by atoms with Gasteiger partial charge in [-0.2, -0.15) is 0 Å². The third-order valence-corrected chi connectivity index (χ3v) is 4.57. The van der Waals surface area contributed by atoms with Crippen LogP contribution in [-0.4, -0.2) is 46.7 Å². The number of hydrogen-bond acceptors (Lipinski definition) is 3. The Labute approximate surface area is 135 Å². The highest BCUT2D eigenvalue weighted by Crippen LogP contribution is 2.22. The van der Waals surface area contributed by atoms with Crippen LogP contribution in [0.5, 0.6) is 0 Å². The van der Waals surface area contributed by atoms with Crippen LogP contribution in [0.1, 0.15) is 32.1 Å². The average Bonchev–Trinajstić information content (AvgIpc) is 3.17. The Morgan fingerprint density at radius 2 is 1.83 bits per heavy atom. The van der Waals surface area contributed by atoms with E-state index in [1.54, 1.807) is 12.1 Å². The number of urea groups is 1. The van der Waals surface area contributed by atoms with Crippen molar-refractivity contribution in [2.24, 2.45) is 0 Å². The predicted molar refractivity (Wildman–Crippen MR) is 87.0 cm³/mol. The Hall–Kier alpha value is -2.08. The first kappa shape index (κ1) is 15.8. The van der Waals surface area contributed by atoms with E-state index in [-0.39, 0.29) is 24.5 Å². The summed E-state index contributed by atoms with van der Waals surface area (Å²) < 4.78 is 0. The first-order valence-corrected chi connectivity index (χ1v) is 8.24. The smallest absolute Gasteiger partial charge is 0.322 e. The van der Waals surface area contributed by atoms with E-state index in [4.69, 9.17) is 0 Å². The Balaban J connectivity index is 1.64. The van der Waals surface area contributed by atoms with Gasteiger partial charge in [0, 0.05) is 24.7 Å². The second kappa shape index (κ2) is 7.00. The van der Waals surface area contributed by atoms with Crippen LogP contribution in [0, 0.1) is 0 Å². The molecule has 2 aliphatic rings. The summed E-state index contributed by atoms with van der Waals surface area (Å²) in [6, 6.07) is 8.37. The minimum absolute atomic E-state index is 0.156. The topological polar surface area (TPSA) is 81.7 Å². The number of likely N-dealkylation sites (tertiary alicyclic amines) is 1. The highest BCUT2D eigenvalue weighted by Gasteiger charge is 2.39. The molecule has 1 aromatic carbocycles. The van der Waals surface area contributed by atoms with Gasteiger partial charge in [-0.05, 0) is 25.0 Å². The maximum atomic E-state index is 12.5. The zero-order chi connectivity index (χ0) is 16.2. The second-order valence-electron chi connectivity index (χ2n) is 6.34. The van der Waals surface area contributed by atoms with E-state index >= 15 is 0 Å². The first-order valence-electron chi connectivity index (χ1n) is 8.24.